The highest BCUT2D eigenvalue weighted by molar-refractivity contribution is 5.78. The number of hydrogen-bond acceptors (Lipinski definition) is 3. The number of nitrogens with zero attached hydrogens (tertiary/aromatic N) is 1. The number of carbonyl (C=O) groups is 1. The van der Waals surface area contributed by atoms with Gasteiger partial charge in [0.25, 0.3) is 0 Å². The lowest BCUT2D eigenvalue weighted by molar-refractivity contribution is -0.120. The van der Waals surface area contributed by atoms with E-state index in [1.165, 1.54) is 11.4 Å². The molecule has 0 aliphatic heterocycles. The standard InChI is InChI=1S/C18H24N2O3/c1-12-8-15(13(2)20(12)3)11-19-18(21)10-14-6-7-16(22-4)17(9-14)23-5/h6-9H,10-11H2,1-5H3,(H,19,21). The summed E-state index contributed by atoms with van der Waals surface area (Å²) in [5.41, 5.74) is 4.40. The summed E-state index contributed by atoms with van der Waals surface area (Å²) in [5, 5.41) is 2.97. The number of aromatic nitrogens is 1. The van der Waals surface area contributed by atoms with E-state index in [-0.39, 0.29) is 5.91 Å². The van der Waals surface area contributed by atoms with Crippen LogP contribution in [0.3, 0.4) is 0 Å². The van der Waals surface area contributed by atoms with Crippen LogP contribution in [0.1, 0.15) is 22.5 Å². The molecule has 1 aromatic heterocycles. The molecule has 1 N–H and O–H groups in total. The van der Waals surface area contributed by atoms with Crippen LogP contribution < -0.4 is 14.8 Å². The molecule has 1 amide bonds. The molecule has 5 heteroatoms. The lowest BCUT2D eigenvalue weighted by atomic mass is 10.1. The minimum Gasteiger partial charge on any atom is -0.493 e. The number of carbonyl (C=O) groups excluding carboxylic acids is 1. The van der Waals surface area contributed by atoms with E-state index in [9.17, 15) is 4.79 Å². The Bertz CT molecular complexity index is 705. The number of hydrogen-bond donors (Lipinski definition) is 1. The van der Waals surface area contributed by atoms with E-state index in [4.69, 9.17) is 9.47 Å². The first-order valence-electron chi connectivity index (χ1n) is 7.55. The Balaban J connectivity index is 1.98. The summed E-state index contributed by atoms with van der Waals surface area (Å²) in [6, 6.07) is 7.62. The molecule has 0 saturated carbocycles. The van der Waals surface area contributed by atoms with E-state index in [1.807, 2.05) is 25.2 Å². The summed E-state index contributed by atoms with van der Waals surface area (Å²) < 4.78 is 12.6. The Kier molecular flexibility index (Phi) is 5.32. The molecule has 0 atom stereocenters. The van der Waals surface area contributed by atoms with E-state index in [0.717, 1.165) is 11.1 Å². The zero-order valence-electron chi connectivity index (χ0n) is 14.4. The monoisotopic (exact) mass is 316 g/mol. The van der Waals surface area contributed by atoms with Crippen molar-refractivity contribution >= 4 is 5.91 Å². The lowest BCUT2D eigenvalue weighted by Gasteiger charge is -2.10. The van der Waals surface area contributed by atoms with Crippen LogP contribution >= 0.6 is 0 Å². The van der Waals surface area contributed by atoms with Crippen LogP contribution in [0.5, 0.6) is 11.5 Å². The summed E-state index contributed by atoms with van der Waals surface area (Å²) >= 11 is 0. The first-order valence-corrected chi connectivity index (χ1v) is 7.55. The van der Waals surface area contributed by atoms with Gasteiger partial charge in [-0.2, -0.15) is 0 Å². The zero-order valence-corrected chi connectivity index (χ0v) is 14.4. The van der Waals surface area contributed by atoms with Gasteiger partial charge in [-0.1, -0.05) is 6.07 Å². The van der Waals surface area contributed by atoms with Crippen molar-refractivity contribution in [2.24, 2.45) is 7.05 Å². The van der Waals surface area contributed by atoms with Gasteiger partial charge in [0.2, 0.25) is 5.91 Å². The first kappa shape index (κ1) is 16.9. The molecule has 1 heterocycles. The van der Waals surface area contributed by atoms with Gasteiger partial charge in [-0.15, -0.1) is 0 Å². The molecule has 2 aromatic rings. The Morgan fingerprint density at radius 3 is 2.39 bits per heavy atom. The molecule has 23 heavy (non-hydrogen) atoms. The molecule has 0 unspecified atom stereocenters. The minimum atomic E-state index is -0.0156. The van der Waals surface area contributed by atoms with E-state index in [1.54, 1.807) is 14.2 Å². The number of benzene rings is 1. The van der Waals surface area contributed by atoms with Crippen molar-refractivity contribution in [1.29, 1.82) is 0 Å². The van der Waals surface area contributed by atoms with E-state index < -0.39 is 0 Å². The van der Waals surface area contributed by atoms with Gasteiger partial charge in [0.15, 0.2) is 11.5 Å². The Morgan fingerprint density at radius 1 is 1.13 bits per heavy atom. The first-order chi connectivity index (χ1) is 11.0. The molecule has 5 nitrogen and oxygen atoms in total. The molecule has 0 aliphatic rings. The minimum absolute atomic E-state index is 0.0156. The van der Waals surface area contributed by atoms with Crippen LogP contribution in [0.15, 0.2) is 24.3 Å². The number of aryl methyl sites for hydroxylation is 1. The molecular weight excluding hydrogens is 292 g/mol. The highest BCUT2D eigenvalue weighted by Gasteiger charge is 2.10. The van der Waals surface area contributed by atoms with Crippen molar-refractivity contribution in [2.75, 3.05) is 14.2 Å². The SMILES string of the molecule is COc1ccc(CC(=O)NCc2cc(C)n(C)c2C)cc1OC. The maximum Gasteiger partial charge on any atom is 0.224 e. The van der Waals surface area contributed by atoms with Gasteiger partial charge in [-0.3, -0.25) is 4.79 Å². The largest absolute Gasteiger partial charge is 0.493 e. The van der Waals surface area contributed by atoms with Crippen molar-refractivity contribution in [1.82, 2.24) is 9.88 Å². The Morgan fingerprint density at radius 2 is 1.83 bits per heavy atom. The van der Waals surface area contributed by atoms with Gasteiger partial charge < -0.3 is 19.4 Å². The fraction of sp³-hybridized carbons (Fsp3) is 0.389. The summed E-state index contributed by atoms with van der Waals surface area (Å²) in [4.78, 5) is 12.2. The second-order valence-corrected chi connectivity index (χ2v) is 5.60. The topological polar surface area (TPSA) is 52.5 Å². The Labute approximate surface area is 137 Å². The summed E-state index contributed by atoms with van der Waals surface area (Å²) in [6.07, 6.45) is 0.311. The van der Waals surface area contributed by atoms with E-state index in [2.05, 4.69) is 29.8 Å². The summed E-state index contributed by atoms with van der Waals surface area (Å²) in [5.74, 6) is 1.28. The Hall–Kier alpha value is -2.43. The van der Waals surface area contributed by atoms with Gasteiger partial charge in [-0.25, -0.2) is 0 Å². The third-order valence-electron chi connectivity index (χ3n) is 4.17. The van der Waals surface area contributed by atoms with Crippen LogP contribution in [0.25, 0.3) is 0 Å². The number of rotatable bonds is 6. The summed E-state index contributed by atoms with van der Waals surface area (Å²) in [6.45, 7) is 4.66. The fourth-order valence-corrected chi connectivity index (χ4v) is 2.54. The van der Waals surface area contributed by atoms with Gasteiger partial charge in [-0.05, 0) is 43.2 Å². The normalized spacial score (nSPS) is 10.5. The molecule has 124 valence electrons. The predicted octanol–water partition coefficient (Wildman–Crippen LogP) is 2.52. The average molecular weight is 316 g/mol. The highest BCUT2D eigenvalue weighted by Crippen LogP contribution is 2.27. The van der Waals surface area contributed by atoms with Gasteiger partial charge >= 0.3 is 0 Å². The van der Waals surface area contributed by atoms with Gasteiger partial charge in [0.1, 0.15) is 0 Å². The van der Waals surface area contributed by atoms with Crippen molar-refractivity contribution < 1.29 is 14.3 Å². The predicted molar refractivity (Wildman–Crippen MR) is 90.0 cm³/mol. The molecule has 0 aliphatic carbocycles. The van der Waals surface area contributed by atoms with Gasteiger partial charge in [0, 0.05) is 25.0 Å². The number of methoxy groups -OCH3 is 2. The number of nitrogens with one attached hydrogen (secondary N) is 1. The third-order valence-corrected chi connectivity index (χ3v) is 4.17. The second-order valence-electron chi connectivity index (χ2n) is 5.60. The third kappa shape index (κ3) is 3.86. The van der Waals surface area contributed by atoms with Crippen LogP contribution in [0, 0.1) is 13.8 Å². The fourth-order valence-electron chi connectivity index (χ4n) is 2.54. The molecular formula is C18H24N2O3. The van der Waals surface area contributed by atoms with Gasteiger partial charge in [0.05, 0.1) is 20.6 Å². The lowest BCUT2D eigenvalue weighted by Crippen LogP contribution is -2.24. The molecule has 0 saturated heterocycles. The van der Waals surface area contributed by atoms with E-state index in [0.29, 0.717) is 24.5 Å². The van der Waals surface area contributed by atoms with Crippen LogP contribution in [-0.2, 0) is 24.8 Å². The van der Waals surface area contributed by atoms with E-state index >= 15 is 0 Å². The van der Waals surface area contributed by atoms with Crippen molar-refractivity contribution in [3.8, 4) is 11.5 Å². The molecule has 0 radical (unpaired) electrons. The average Bonchev–Trinajstić information content (AvgIpc) is 2.79. The highest BCUT2D eigenvalue weighted by atomic mass is 16.5. The molecule has 1 aromatic carbocycles. The maximum atomic E-state index is 12.2. The molecule has 0 spiro atoms. The smallest absolute Gasteiger partial charge is 0.224 e. The van der Waals surface area contributed by atoms with Crippen molar-refractivity contribution in [2.45, 2.75) is 26.8 Å². The number of ether oxygens (including phenoxy) is 2. The summed E-state index contributed by atoms with van der Waals surface area (Å²) in [7, 11) is 5.20. The molecule has 0 fully saturated rings. The maximum absolute atomic E-state index is 12.2. The van der Waals surface area contributed by atoms with Crippen molar-refractivity contribution in [3.05, 3.63) is 46.8 Å². The zero-order chi connectivity index (χ0) is 17.0. The molecule has 0 bridgehead atoms. The van der Waals surface area contributed by atoms with Crippen LogP contribution in [-0.4, -0.2) is 24.7 Å². The second kappa shape index (κ2) is 7.22. The van der Waals surface area contributed by atoms with Crippen molar-refractivity contribution in [3.63, 3.8) is 0 Å². The number of amides is 1. The van der Waals surface area contributed by atoms with Crippen LogP contribution in [0.4, 0.5) is 0 Å². The molecule has 2 rings (SSSR count). The van der Waals surface area contributed by atoms with Crippen LogP contribution in [0.2, 0.25) is 0 Å². The quantitative estimate of drug-likeness (QED) is 0.891.